The molecule has 0 aliphatic carbocycles. The molecule has 4 rings (SSSR count). The van der Waals surface area contributed by atoms with E-state index in [1.165, 1.54) is 39.6 Å². The minimum absolute atomic E-state index is 0. The fourth-order valence-corrected chi connectivity index (χ4v) is 5.73. The molecule has 0 saturated heterocycles. The Morgan fingerprint density at radius 1 is 0.583 bits per heavy atom. The van der Waals surface area contributed by atoms with Gasteiger partial charge in [0.15, 0.2) is 0 Å². The van der Waals surface area contributed by atoms with Crippen molar-refractivity contribution < 1.29 is 0 Å². The van der Waals surface area contributed by atoms with Gasteiger partial charge in [0.1, 0.15) is 11.6 Å². The lowest BCUT2D eigenvalue weighted by molar-refractivity contribution is 0.904. The lowest BCUT2D eigenvalue weighted by atomic mass is 10.2. The summed E-state index contributed by atoms with van der Waals surface area (Å²) in [5.74, 6) is 2.08. The average Bonchev–Trinajstić information content (AvgIpc) is 3.20. The van der Waals surface area contributed by atoms with E-state index >= 15 is 0 Å². The molecule has 5 heteroatoms. The number of nitrogens with zero attached hydrogens (tertiary/aromatic N) is 4. The number of aromatic nitrogens is 4. The van der Waals surface area contributed by atoms with E-state index in [-0.39, 0.29) is 14.9 Å². The summed E-state index contributed by atoms with van der Waals surface area (Å²) in [7, 11) is -1.13. The Labute approximate surface area is 221 Å². The van der Waals surface area contributed by atoms with E-state index < -0.39 is 8.07 Å². The molecular formula is C31H48N4Si. The minimum atomic E-state index is -1.13. The Kier molecular flexibility index (Phi) is 10.7. The zero-order valence-corrected chi connectivity index (χ0v) is 23.6. The Morgan fingerprint density at radius 2 is 0.972 bits per heavy atom. The molecule has 0 N–H and O–H groups in total. The normalized spacial score (nSPS) is 10.7. The largest absolute Gasteiger partial charge is 0.303 e. The van der Waals surface area contributed by atoms with Gasteiger partial charge < -0.3 is 9.13 Å². The van der Waals surface area contributed by atoms with Crippen molar-refractivity contribution in [1.29, 1.82) is 0 Å². The topological polar surface area (TPSA) is 35.6 Å². The summed E-state index contributed by atoms with van der Waals surface area (Å²) in [6, 6.07) is 18.3. The smallest absolute Gasteiger partial charge is 0.137 e. The molecule has 0 aliphatic rings. The maximum Gasteiger partial charge on any atom is 0.137 e. The predicted molar refractivity (Wildman–Crippen MR) is 161 cm³/mol. The first-order valence-electron chi connectivity index (χ1n) is 12.1. The van der Waals surface area contributed by atoms with Crippen LogP contribution >= 0.6 is 0 Å². The molecule has 0 atom stereocenters. The van der Waals surface area contributed by atoms with Crippen molar-refractivity contribution in [1.82, 2.24) is 19.1 Å². The molecule has 0 radical (unpaired) electrons. The van der Waals surface area contributed by atoms with Gasteiger partial charge in [0.2, 0.25) is 0 Å². The second-order valence-electron chi connectivity index (χ2n) is 10.8. The molecular weight excluding hydrogens is 456 g/mol. The quantitative estimate of drug-likeness (QED) is 0.261. The van der Waals surface area contributed by atoms with E-state index in [4.69, 9.17) is 4.98 Å². The van der Waals surface area contributed by atoms with Gasteiger partial charge in [0, 0.05) is 34.2 Å². The summed E-state index contributed by atoms with van der Waals surface area (Å²) in [4.78, 5) is 9.44. The molecule has 0 unspecified atom stereocenters. The molecule has 4 aromatic heterocycles. The third-order valence-electron chi connectivity index (χ3n) is 5.81. The van der Waals surface area contributed by atoms with Gasteiger partial charge in [0.25, 0.3) is 0 Å². The van der Waals surface area contributed by atoms with Gasteiger partial charge in [-0.25, -0.2) is 9.97 Å². The Morgan fingerprint density at radius 3 is 1.36 bits per heavy atom. The molecule has 0 aromatic carbocycles. The molecule has 36 heavy (non-hydrogen) atoms. The molecule has 4 nitrogen and oxygen atoms in total. The van der Waals surface area contributed by atoms with Crippen LogP contribution < -0.4 is 0 Å². The van der Waals surface area contributed by atoms with Crippen LogP contribution in [0.15, 0.2) is 48.5 Å². The van der Waals surface area contributed by atoms with Crippen molar-refractivity contribution >= 4 is 8.07 Å². The van der Waals surface area contributed by atoms with Gasteiger partial charge in [-0.15, -0.1) is 0 Å². The second-order valence-corrected chi connectivity index (χ2v) is 16.3. The first-order valence-corrected chi connectivity index (χ1v) is 15.8. The Hall–Kier alpha value is -2.92. The fourth-order valence-electron chi connectivity index (χ4n) is 4.46. The summed E-state index contributed by atoms with van der Waals surface area (Å²) < 4.78 is 4.42. The third-order valence-corrected chi connectivity index (χ3v) is 7.23. The molecule has 4 aromatic rings. The molecule has 0 fully saturated rings. The molecule has 4 heterocycles. The summed E-state index contributed by atoms with van der Waals surface area (Å²) in [6.07, 6.45) is 0. The van der Waals surface area contributed by atoms with Gasteiger partial charge in [-0.3, -0.25) is 0 Å². The van der Waals surface area contributed by atoms with Crippen LogP contribution in [-0.2, 0) is 6.04 Å². The lowest BCUT2D eigenvalue weighted by Gasteiger charge is -2.17. The van der Waals surface area contributed by atoms with Gasteiger partial charge in [0.05, 0.1) is 8.07 Å². The van der Waals surface area contributed by atoms with E-state index in [0.717, 1.165) is 23.4 Å². The molecule has 0 saturated carbocycles. The van der Waals surface area contributed by atoms with Gasteiger partial charge in [-0.2, -0.15) is 0 Å². The van der Waals surface area contributed by atoms with Crippen LogP contribution in [0.2, 0.25) is 19.6 Å². The SMILES string of the molecule is C.C.Cc1cc(C)nc(-n2c(C)ccc2C)c1.Cc1cc(C[Si](C)(C)C)nc(-n2c(C)ccc2C)c1. The number of pyridine rings is 2. The van der Waals surface area contributed by atoms with Crippen LogP contribution in [-0.4, -0.2) is 27.2 Å². The third kappa shape index (κ3) is 7.79. The van der Waals surface area contributed by atoms with Crippen LogP contribution in [0.5, 0.6) is 0 Å². The maximum absolute atomic E-state index is 4.88. The molecule has 196 valence electrons. The van der Waals surface area contributed by atoms with Crippen LogP contribution in [0.1, 0.15) is 60.1 Å². The van der Waals surface area contributed by atoms with Crippen molar-refractivity contribution in [3.63, 3.8) is 0 Å². The predicted octanol–water partition coefficient (Wildman–Crippen LogP) is 8.60. The van der Waals surface area contributed by atoms with Crippen molar-refractivity contribution in [3.8, 4) is 11.6 Å². The van der Waals surface area contributed by atoms with Crippen LogP contribution in [0.3, 0.4) is 0 Å². The zero-order valence-electron chi connectivity index (χ0n) is 22.6. The highest BCUT2D eigenvalue weighted by atomic mass is 28.3. The van der Waals surface area contributed by atoms with Crippen molar-refractivity contribution in [2.24, 2.45) is 0 Å². The fraction of sp³-hybridized carbons (Fsp3) is 0.419. The van der Waals surface area contributed by atoms with Crippen LogP contribution in [0.25, 0.3) is 11.6 Å². The van der Waals surface area contributed by atoms with E-state index in [9.17, 15) is 0 Å². The Bertz CT molecular complexity index is 1230. The minimum Gasteiger partial charge on any atom is -0.303 e. The van der Waals surface area contributed by atoms with E-state index in [2.05, 4.69) is 124 Å². The van der Waals surface area contributed by atoms with Crippen molar-refractivity contribution in [2.75, 3.05) is 0 Å². The van der Waals surface area contributed by atoms with Crippen LogP contribution in [0.4, 0.5) is 0 Å². The van der Waals surface area contributed by atoms with Gasteiger partial charge in [-0.05, 0) is 114 Å². The first kappa shape index (κ1) is 31.1. The lowest BCUT2D eigenvalue weighted by Crippen LogP contribution is -2.25. The molecule has 0 aliphatic heterocycles. The summed E-state index contributed by atoms with van der Waals surface area (Å²) >= 11 is 0. The van der Waals surface area contributed by atoms with Crippen molar-refractivity contribution in [3.05, 3.63) is 93.8 Å². The number of rotatable bonds is 4. The second kappa shape index (κ2) is 12.4. The summed E-state index contributed by atoms with van der Waals surface area (Å²) in [5.41, 5.74) is 9.80. The van der Waals surface area contributed by atoms with Gasteiger partial charge >= 0.3 is 0 Å². The molecule has 0 spiro atoms. The highest BCUT2D eigenvalue weighted by molar-refractivity contribution is 6.75. The highest BCUT2D eigenvalue weighted by Gasteiger charge is 2.16. The zero-order chi connectivity index (χ0) is 25.2. The van der Waals surface area contributed by atoms with Crippen molar-refractivity contribution in [2.45, 2.75) is 89.0 Å². The summed E-state index contributed by atoms with van der Waals surface area (Å²) in [6.45, 7) is 21.9. The molecule has 0 bridgehead atoms. The monoisotopic (exact) mass is 504 g/mol. The van der Waals surface area contributed by atoms with E-state index in [1.54, 1.807) is 0 Å². The van der Waals surface area contributed by atoms with E-state index in [1.807, 2.05) is 6.92 Å². The number of hydrogen-bond donors (Lipinski definition) is 0. The van der Waals surface area contributed by atoms with Gasteiger partial charge in [-0.1, -0.05) is 34.5 Å². The molecule has 0 amide bonds. The first-order chi connectivity index (χ1) is 15.8. The Balaban J connectivity index is 0.000000349. The van der Waals surface area contributed by atoms with E-state index in [0.29, 0.717) is 0 Å². The highest BCUT2D eigenvalue weighted by Crippen LogP contribution is 2.19. The van der Waals surface area contributed by atoms with Crippen LogP contribution in [0, 0.1) is 48.5 Å². The maximum atomic E-state index is 4.88. The average molecular weight is 505 g/mol. The standard InChI is InChI=1S/C16H24N2Si.C13H16N2.2CH4/c1-12-9-15(11-19(4,5)6)17-16(10-12)18-13(2)7-8-14(18)3;1-9-7-10(2)14-13(8-9)15-11(3)5-6-12(15)4;;/h7-10H,11H2,1-6H3;5-8H,1-4H3;2*1H4. The number of hydrogen-bond acceptors (Lipinski definition) is 2. The number of aryl methyl sites for hydroxylation is 7. The summed E-state index contributed by atoms with van der Waals surface area (Å²) in [5, 5.41) is 0.